The van der Waals surface area contributed by atoms with Crippen LogP contribution >= 0.6 is 0 Å². The number of piperidine rings is 1. The molecule has 1 aliphatic carbocycles. The first-order chi connectivity index (χ1) is 13.7. The Hall–Kier alpha value is -2.97. The van der Waals surface area contributed by atoms with E-state index in [-0.39, 0.29) is 13.0 Å². The van der Waals surface area contributed by atoms with Gasteiger partial charge in [-0.25, -0.2) is 4.98 Å². The van der Waals surface area contributed by atoms with Crippen molar-refractivity contribution in [2.45, 2.75) is 45.2 Å². The molecule has 0 spiro atoms. The van der Waals surface area contributed by atoms with Crippen LogP contribution in [0.1, 0.15) is 38.7 Å². The normalized spacial score (nSPS) is 21.0. The lowest BCUT2D eigenvalue weighted by Crippen LogP contribution is -2.60. The minimum Gasteiger partial charge on any atom is -0.480 e. The predicted octanol–water partition coefficient (Wildman–Crippen LogP) is 0.767. The standard InChI is InChI=1S/C20H25N3O6/c1-20(2)7-14(24)17(18(27)22-9-16(25)26)19(28)23(20)10-13-5-6-15(21-8-13)29-11-12-3-4-12/h5-6,8,12,17H,3-4,7,9-11H2,1-2H3,(H,22,27)(H,25,26). The molecule has 156 valence electrons. The summed E-state index contributed by atoms with van der Waals surface area (Å²) in [5.41, 5.74) is -0.0388. The van der Waals surface area contributed by atoms with Crippen LogP contribution in [-0.4, -0.2) is 57.2 Å². The maximum absolute atomic E-state index is 12.9. The van der Waals surface area contributed by atoms with Gasteiger partial charge in [0.15, 0.2) is 11.7 Å². The van der Waals surface area contributed by atoms with Crippen LogP contribution in [-0.2, 0) is 25.7 Å². The van der Waals surface area contributed by atoms with E-state index in [1.807, 2.05) is 0 Å². The van der Waals surface area contributed by atoms with Gasteiger partial charge in [0.2, 0.25) is 17.7 Å². The number of hydrogen-bond donors (Lipinski definition) is 2. The van der Waals surface area contributed by atoms with E-state index in [2.05, 4.69) is 10.3 Å². The molecule has 2 aliphatic rings. The third-order valence-corrected chi connectivity index (χ3v) is 5.15. The van der Waals surface area contributed by atoms with Crippen molar-refractivity contribution >= 4 is 23.6 Å². The van der Waals surface area contributed by atoms with Crippen LogP contribution in [0, 0.1) is 11.8 Å². The lowest BCUT2D eigenvalue weighted by atomic mass is 9.82. The molecule has 3 rings (SSSR count). The fourth-order valence-electron chi connectivity index (χ4n) is 3.29. The van der Waals surface area contributed by atoms with E-state index in [0.29, 0.717) is 18.4 Å². The highest BCUT2D eigenvalue weighted by Crippen LogP contribution is 2.32. The quantitative estimate of drug-likeness (QED) is 0.614. The summed E-state index contributed by atoms with van der Waals surface area (Å²) >= 11 is 0. The average molecular weight is 403 g/mol. The fourth-order valence-corrected chi connectivity index (χ4v) is 3.29. The van der Waals surface area contributed by atoms with Gasteiger partial charge in [0.25, 0.3) is 0 Å². The fraction of sp³-hybridized carbons (Fsp3) is 0.550. The molecule has 0 aromatic carbocycles. The highest BCUT2D eigenvalue weighted by molar-refractivity contribution is 6.20. The first-order valence-corrected chi connectivity index (χ1v) is 9.59. The van der Waals surface area contributed by atoms with Crippen LogP contribution in [0.25, 0.3) is 0 Å². The maximum Gasteiger partial charge on any atom is 0.322 e. The number of rotatable bonds is 8. The van der Waals surface area contributed by atoms with Crippen molar-refractivity contribution in [2.24, 2.45) is 11.8 Å². The number of carboxylic acid groups (broad SMARTS) is 1. The van der Waals surface area contributed by atoms with E-state index in [9.17, 15) is 19.2 Å². The van der Waals surface area contributed by atoms with Gasteiger partial charge in [0, 0.05) is 30.8 Å². The molecule has 2 amide bonds. The number of ketones is 1. The number of hydrogen-bond acceptors (Lipinski definition) is 6. The van der Waals surface area contributed by atoms with E-state index in [4.69, 9.17) is 9.84 Å². The third-order valence-electron chi connectivity index (χ3n) is 5.15. The van der Waals surface area contributed by atoms with Gasteiger partial charge >= 0.3 is 5.97 Å². The second-order valence-electron chi connectivity index (χ2n) is 8.18. The van der Waals surface area contributed by atoms with Crippen LogP contribution in [0.15, 0.2) is 18.3 Å². The SMILES string of the molecule is CC1(C)CC(=O)C(C(=O)NCC(=O)O)C(=O)N1Cc1ccc(OCC2CC2)nc1. The zero-order chi connectivity index (χ0) is 21.2. The molecular weight excluding hydrogens is 378 g/mol. The molecule has 1 saturated heterocycles. The van der Waals surface area contributed by atoms with Gasteiger partial charge in [-0.2, -0.15) is 0 Å². The van der Waals surface area contributed by atoms with Crippen molar-refractivity contribution in [3.05, 3.63) is 23.9 Å². The van der Waals surface area contributed by atoms with Crippen molar-refractivity contribution in [3.8, 4) is 5.88 Å². The Labute approximate surface area is 168 Å². The Kier molecular flexibility index (Phi) is 5.86. The highest BCUT2D eigenvalue weighted by Gasteiger charge is 2.48. The van der Waals surface area contributed by atoms with Crippen molar-refractivity contribution in [2.75, 3.05) is 13.2 Å². The number of nitrogens with one attached hydrogen (secondary N) is 1. The monoisotopic (exact) mass is 403 g/mol. The first-order valence-electron chi connectivity index (χ1n) is 9.59. The topological polar surface area (TPSA) is 126 Å². The van der Waals surface area contributed by atoms with E-state index >= 15 is 0 Å². The van der Waals surface area contributed by atoms with Crippen LogP contribution in [0.3, 0.4) is 0 Å². The van der Waals surface area contributed by atoms with Crippen LogP contribution in [0.2, 0.25) is 0 Å². The van der Waals surface area contributed by atoms with Gasteiger partial charge in [0.1, 0.15) is 6.54 Å². The molecule has 1 saturated carbocycles. The van der Waals surface area contributed by atoms with Gasteiger partial charge in [-0.15, -0.1) is 0 Å². The number of ether oxygens (including phenoxy) is 1. The summed E-state index contributed by atoms with van der Waals surface area (Å²) < 4.78 is 5.61. The maximum atomic E-state index is 12.9. The van der Waals surface area contributed by atoms with Gasteiger partial charge < -0.3 is 20.1 Å². The van der Waals surface area contributed by atoms with Crippen molar-refractivity contribution in [1.82, 2.24) is 15.2 Å². The summed E-state index contributed by atoms with van der Waals surface area (Å²) in [7, 11) is 0. The van der Waals surface area contributed by atoms with Crippen LogP contribution in [0.4, 0.5) is 0 Å². The molecule has 9 nitrogen and oxygen atoms in total. The number of carboxylic acids is 1. The number of Topliss-reactive ketones (excluding diaryl/α,β-unsaturated/α-hetero) is 1. The van der Waals surface area contributed by atoms with Gasteiger partial charge in [-0.05, 0) is 38.2 Å². The number of pyridine rings is 1. The lowest BCUT2D eigenvalue weighted by molar-refractivity contribution is -0.158. The Balaban J connectivity index is 1.69. The third kappa shape index (κ3) is 5.10. The Morgan fingerprint density at radius 3 is 2.62 bits per heavy atom. The Morgan fingerprint density at radius 1 is 1.31 bits per heavy atom. The number of aromatic nitrogens is 1. The van der Waals surface area contributed by atoms with Crippen molar-refractivity contribution < 1.29 is 29.0 Å². The van der Waals surface area contributed by atoms with Crippen LogP contribution in [0.5, 0.6) is 5.88 Å². The van der Waals surface area contributed by atoms with E-state index in [0.717, 1.165) is 5.56 Å². The molecule has 0 radical (unpaired) electrons. The van der Waals surface area contributed by atoms with Crippen LogP contribution < -0.4 is 10.1 Å². The summed E-state index contributed by atoms with van der Waals surface area (Å²) in [6, 6.07) is 3.54. The summed E-state index contributed by atoms with van der Waals surface area (Å²) in [4.78, 5) is 54.0. The predicted molar refractivity (Wildman–Crippen MR) is 101 cm³/mol. The minimum absolute atomic E-state index is 0.0000895. The molecule has 1 aromatic rings. The van der Waals surface area contributed by atoms with E-state index in [1.54, 1.807) is 32.2 Å². The van der Waals surface area contributed by atoms with Crippen molar-refractivity contribution in [3.63, 3.8) is 0 Å². The summed E-state index contributed by atoms with van der Waals surface area (Å²) in [6.07, 6.45) is 3.98. The largest absolute Gasteiger partial charge is 0.480 e. The number of carbonyl (C=O) groups is 4. The molecule has 1 atom stereocenters. The smallest absolute Gasteiger partial charge is 0.322 e. The van der Waals surface area contributed by atoms with Gasteiger partial charge in [-0.3, -0.25) is 19.2 Å². The summed E-state index contributed by atoms with van der Waals surface area (Å²) in [5.74, 6) is -3.68. The number of nitrogens with zero attached hydrogens (tertiary/aromatic N) is 2. The molecule has 1 aliphatic heterocycles. The van der Waals surface area contributed by atoms with Gasteiger partial charge in [-0.1, -0.05) is 6.07 Å². The molecule has 9 heteroatoms. The molecule has 0 bridgehead atoms. The lowest BCUT2D eigenvalue weighted by Gasteiger charge is -2.44. The minimum atomic E-state index is -1.53. The van der Waals surface area contributed by atoms with E-state index < -0.39 is 41.6 Å². The number of aliphatic carboxylic acids is 1. The molecule has 2 N–H and O–H groups in total. The second kappa shape index (κ2) is 8.18. The molecule has 1 aromatic heterocycles. The summed E-state index contributed by atoms with van der Waals surface area (Å²) in [5, 5.41) is 10.8. The van der Waals surface area contributed by atoms with Gasteiger partial charge in [0.05, 0.1) is 6.61 Å². The zero-order valence-corrected chi connectivity index (χ0v) is 16.5. The van der Waals surface area contributed by atoms with Crippen molar-refractivity contribution in [1.29, 1.82) is 0 Å². The highest BCUT2D eigenvalue weighted by atomic mass is 16.5. The molecule has 2 heterocycles. The number of amides is 2. The number of carbonyl (C=O) groups excluding carboxylic acids is 3. The first kappa shape index (κ1) is 20.8. The summed E-state index contributed by atoms with van der Waals surface area (Å²) in [6.45, 7) is 3.70. The molecule has 1 unspecified atom stereocenters. The Morgan fingerprint density at radius 2 is 2.03 bits per heavy atom. The van der Waals surface area contributed by atoms with E-state index in [1.165, 1.54) is 17.7 Å². The number of likely N-dealkylation sites (tertiary alicyclic amines) is 1. The molecular formula is C20H25N3O6. The Bertz CT molecular complexity index is 816. The average Bonchev–Trinajstić information content (AvgIpc) is 3.46. The molecule has 2 fully saturated rings. The zero-order valence-electron chi connectivity index (χ0n) is 16.5. The second-order valence-corrected chi connectivity index (χ2v) is 8.18. The molecule has 29 heavy (non-hydrogen) atoms.